The number of rotatable bonds is 3. The van der Waals surface area contributed by atoms with Crippen LogP contribution in [0.2, 0.25) is 5.02 Å². The minimum absolute atomic E-state index is 0.0743. The third-order valence-electron chi connectivity index (χ3n) is 3.15. The monoisotopic (exact) mass is 284 g/mol. The Morgan fingerprint density at radius 3 is 2.30 bits per heavy atom. The van der Waals surface area contributed by atoms with Gasteiger partial charge in [-0.15, -0.1) is 0 Å². The van der Waals surface area contributed by atoms with Crippen molar-refractivity contribution >= 4 is 22.4 Å². The van der Waals surface area contributed by atoms with Gasteiger partial charge < -0.3 is 9.84 Å². The highest BCUT2D eigenvalue weighted by Crippen LogP contribution is 2.28. The number of hydrogen-bond acceptors (Lipinski definition) is 2. The lowest BCUT2D eigenvalue weighted by molar-refractivity contribution is 0.282. The largest absolute Gasteiger partial charge is 0.457 e. The molecule has 0 aliphatic rings. The molecule has 3 aromatic rings. The predicted octanol–water partition coefficient (Wildman–Crippen LogP) is 4.78. The van der Waals surface area contributed by atoms with E-state index in [1.165, 1.54) is 5.39 Å². The van der Waals surface area contributed by atoms with Gasteiger partial charge in [0.1, 0.15) is 11.5 Å². The summed E-state index contributed by atoms with van der Waals surface area (Å²) in [6.45, 7) is -0.0743. The van der Waals surface area contributed by atoms with Crippen molar-refractivity contribution in [3.8, 4) is 11.5 Å². The molecule has 0 radical (unpaired) electrons. The van der Waals surface area contributed by atoms with Crippen LogP contribution < -0.4 is 4.74 Å². The van der Waals surface area contributed by atoms with E-state index in [0.717, 1.165) is 11.1 Å². The van der Waals surface area contributed by atoms with Gasteiger partial charge in [-0.05, 0) is 40.6 Å². The number of halogens is 1. The lowest BCUT2D eigenvalue weighted by Crippen LogP contribution is -1.88. The molecule has 0 atom stereocenters. The van der Waals surface area contributed by atoms with E-state index in [0.29, 0.717) is 16.3 Å². The summed E-state index contributed by atoms with van der Waals surface area (Å²) in [6.07, 6.45) is 0. The molecular formula is C17H13ClO2. The van der Waals surface area contributed by atoms with Crippen molar-refractivity contribution in [3.05, 3.63) is 71.2 Å². The van der Waals surface area contributed by atoms with E-state index in [1.807, 2.05) is 36.4 Å². The second-order valence-corrected chi connectivity index (χ2v) is 4.93. The highest BCUT2D eigenvalue weighted by Gasteiger charge is 2.03. The van der Waals surface area contributed by atoms with Gasteiger partial charge in [-0.1, -0.05) is 48.0 Å². The van der Waals surface area contributed by atoms with Crippen LogP contribution in [0.25, 0.3) is 10.8 Å². The standard InChI is InChI=1S/C17H13ClO2/c18-17-10-16(8-6-14(17)11-19)20-15-7-5-12-3-1-2-4-13(12)9-15/h1-10,19H,11H2. The van der Waals surface area contributed by atoms with E-state index in [-0.39, 0.29) is 6.61 Å². The first kappa shape index (κ1) is 13.0. The molecule has 0 aromatic heterocycles. The van der Waals surface area contributed by atoms with Crippen molar-refractivity contribution in [2.24, 2.45) is 0 Å². The average Bonchev–Trinajstić information content (AvgIpc) is 2.47. The first-order valence-corrected chi connectivity index (χ1v) is 6.70. The Balaban J connectivity index is 1.90. The maximum Gasteiger partial charge on any atom is 0.128 e. The van der Waals surface area contributed by atoms with Gasteiger partial charge in [-0.25, -0.2) is 0 Å². The van der Waals surface area contributed by atoms with Crippen LogP contribution in [0.4, 0.5) is 0 Å². The topological polar surface area (TPSA) is 29.5 Å². The van der Waals surface area contributed by atoms with Crippen LogP contribution in [0.15, 0.2) is 60.7 Å². The molecule has 1 N–H and O–H groups in total. The summed E-state index contributed by atoms with van der Waals surface area (Å²) in [6, 6.07) is 19.3. The Kier molecular flexibility index (Phi) is 3.59. The summed E-state index contributed by atoms with van der Waals surface area (Å²) >= 11 is 6.05. The minimum atomic E-state index is -0.0743. The Morgan fingerprint density at radius 2 is 1.55 bits per heavy atom. The molecule has 20 heavy (non-hydrogen) atoms. The number of fused-ring (bicyclic) bond motifs is 1. The molecule has 0 aliphatic carbocycles. The summed E-state index contributed by atoms with van der Waals surface area (Å²) in [5.41, 5.74) is 0.692. The summed E-state index contributed by atoms with van der Waals surface area (Å²) in [5, 5.41) is 11.9. The smallest absolute Gasteiger partial charge is 0.128 e. The van der Waals surface area contributed by atoms with Crippen LogP contribution in [-0.2, 0) is 6.61 Å². The average molecular weight is 285 g/mol. The van der Waals surface area contributed by atoms with Crippen molar-refractivity contribution in [2.45, 2.75) is 6.61 Å². The van der Waals surface area contributed by atoms with E-state index < -0.39 is 0 Å². The van der Waals surface area contributed by atoms with E-state index in [4.69, 9.17) is 21.4 Å². The fourth-order valence-electron chi connectivity index (χ4n) is 2.09. The Morgan fingerprint density at radius 1 is 0.850 bits per heavy atom. The van der Waals surface area contributed by atoms with Crippen LogP contribution in [-0.4, -0.2) is 5.11 Å². The van der Waals surface area contributed by atoms with Crippen LogP contribution in [0.3, 0.4) is 0 Å². The van der Waals surface area contributed by atoms with Gasteiger partial charge in [0.15, 0.2) is 0 Å². The van der Waals surface area contributed by atoms with Gasteiger partial charge in [0.2, 0.25) is 0 Å². The summed E-state index contributed by atoms with van der Waals surface area (Å²) in [5.74, 6) is 1.42. The number of hydrogen-bond donors (Lipinski definition) is 1. The van der Waals surface area contributed by atoms with Crippen molar-refractivity contribution in [2.75, 3.05) is 0 Å². The fourth-order valence-corrected chi connectivity index (χ4v) is 2.32. The molecule has 0 saturated carbocycles. The summed E-state index contributed by atoms with van der Waals surface area (Å²) in [7, 11) is 0. The summed E-state index contributed by atoms with van der Waals surface area (Å²) in [4.78, 5) is 0. The molecule has 0 bridgehead atoms. The highest BCUT2D eigenvalue weighted by atomic mass is 35.5. The molecule has 0 heterocycles. The molecule has 0 aliphatic heterocycles. The van der Waals surface area contributed by atoms with Crippen LogP contribution in [0, 0.1) is 0 Å². The predicted molar refractivity (Wildman–Crippen MR) is 81.4 cm³/mol. The van der Waals surface area contributed by atoms with E-state index in [2.05, 4.69) is 6.07 Å². The van der Waals surface area contributed by atoms with E-state index in [1.54, 1.807) is 18.2 Å². The van der Waals surface area contributed by atoms with Gasteiger partial charge in [-0.3, -0.25) is 0 Å². The number of aliphatic hydroxyl groups excluding tert-OH is 1. The van der Waals surface area contributed by atoms with Gasteiger partial charge in [0, 0.05) is 5.02 Å². The molecule has 3 aromatic carbocycles. The van der Waals surface area contributed by atoms with Gasteiger partial charge >= 0.3 is 0 Å². The van der Waals surface area contributed by atoms with Crippen molar-refractivity contribution in [1.29, 1.82) is 0 Å². The third-order valence-corrected chi connectivity index (χ3v) is 3.50. The van der Waals surface area contributed by atoms with Crippen molar-refractivity contribution in [3.63, 3.8) is 0 Å². The Bertz CT molecular complexity index is 753. The highest BCUT2D eigenvalue weighted by molar-refractivity contribution is 6.31. The Labute approximate surface area is 122 Å². The van der Waals surface area contributed by atoms with E-state index in [9.17, 15) is 0 Å². The zero-order valence-corrected chi connectivity index (χ0v) is 11.5. The Hall–Kier alpha value is -2.03. The fraction of sp³-hybridized carbons (Fsp3) is 0.0588. The number of benzene rings is 3. The first-order chi connectivity index (χ1) is 9.76. The minimum Gasteiger partial charge on any atom is -0.457 e. The lowest BCUT2D eigenvalue weighted by Gasteiger charge is -2.08. The lowest BCUT2D eigenvalue weighted by atomic mass is 10.1. The van der Waals surface area contributed by atoms with Gasteiger partial charge in [0.05, 0.1) is 6.61 Å². The SMILES string of the molecule is OCc1ccc(Oc2ccc3ccccc3c2)cc1Cl. The van der Waals surface area contributed by atoms with E-state index >= 15 is 0 Å². The molecule has 3 rings (SSSR count). The summed E-state index contributed by atoms with van der Waals surface area (Å²) < 4.78 is 5.80. The van der Waals surface area contributed by atoms with Gasteiger partial charge in [-0.2, -0.15) is 0 Å². The quantitative estimate of drug-likeness (QED) is 0.750. The zero-order chi connectivity index (χ0) is 13.9. The van der Waals surface area contributed by atoms with Crippen LogP contribution in [0.5, 0.6) is 11.5 Å². The molecule has 0 unspecified atom stereocenters. The van der Waals surface area contributed by atoms with Gasteiger partial charge in [0.25, 0.3) is 0 Å². The zero-order valence-electron chi connectivity index (χ0n) is 10.7. The van der Waals surface area contributed by atoms with Crippen molar-refractivity contribution < 1.29 is 9.84 Å². The first-order valence-electron chi connectivity index (χ1n) is 6.32. The van der Waals surface area contributed by atoms with Crippen LogP contribution in [0.1, 0.15) is 5.56 Å². The molecular weight excluding hydrogens is 272 g/mol. The maximum absolute atomic E-state index is 9.09. The molecule has 0 amide bonds. The van der Waals surface area contributed by atoms with Crippen LogP contribution >= 0.6 is 11.6 Å². The number of aliphatic hydroxyl groups is 1. The third kappa shape index (κ3) is 2.62. The maximum atomic E-state index is 9.09. The second-order valence-electron chi connectivity index (χ2n) is 4.52. The molecule has 0 fully saturated rings. The molecule has 100 valence electrons. The second kappa shape index (κ2) is 5.53. The number of ether oxygens (including phenoxy) is 1. The molecule has 2 nitrogen and oxygen atoms in total. The molecule has 0 spiro atoms. The normalized spacial score (nSPS) is 10.7. The molecule has 0 saturated heterocycles. The molecule has 3 heteroatoms. The van der Waals surface area contributed by atoms with Crippen molar-refractivity contribution in [1.82, 2.24) is 0 Å².